The molecule has 0 aliphatic carbocycles. The summed E-state index contributed by atoms with van der Waals surface area (Å²) in [4.78, 5) is 12.2. The summed E-state index contributed by atoms with van der Waals surface area (Å²) in [6, 6.07) is 3.57. The van der Waals surface area contributed by atoms with Crippen molar-refractivity contribution in [2.45, 2.75) is 26.2 Å². The first-order valence-corrected chi connectivity index (χ1v) is 6.13. The van der Waals surface area contributed by atoms with Crippen molar-refractivity contribution in [3.8, 4) is 0 Å². The molecule has 0 spiro atoms. The average Bonchev–Trinajstić information content (AvgIpc) is 2.84. The minimum atomic E-state index is -0.204. The van der Waals surface area contributed by atoms with E-state index < -0.39 is 0 Å². The van der Waals surface area contributed by atoms with Gasteiger partial charge in [0.05, 0.1) is 5.69 Å². The van der Waals surface area contributed by atoms with Crippen LogP contribution in [0.1, 0.15) is 37.0 Å². The number of aryl methyl sites for hydroxylation is 2. The Labute approximate surface area is 112 Å². The Bertz CT molecular complexity index is 603. The first kappa shape index (κ1) is 13.3. The van der Waals surface area contributed by atoms with Gasteiger partial charge >= 0.3 is 0 Å². The third-order valence-electron chi connectivity index (χ3n) is 2.84. The normalized spacial score (nSPS) is 11.6. The standard InChI is InChI=1S/C13H19N5O/c1-13(2,3)10-8-9(18(5)15-10)12(19)14-11-6-7-17(4)16-11/h6-8H,1-5H3,(H,14,16,19). The Hall–Kier alpha value is -2.11. The summed E-state index contributed by atoms with van der Waals surface area (Å²) in [5, 5.41) is 11.2. The zero-order valence-corrected chi connectivity index (χ0v) is 11.9. The highest BCUT2D eigenvalue weighted by Crippen LogP contribution is 2.21. The molecule has 1 amide bonds. The maximum Gasteiger partial charge on any atom is 0.275 e. The van der Waals surface area contributed by atoms with Crippen LogP contribution in [0.3, 0.4) is 0 Å². The number of aromatic nitrogens is 4. The van der Waals surface area contributed by atoms with Crippen molar-refractivity contribution >= 4 is 11.7 Å². The minimum Gasteiger partial charge on any atom is -0.304 e. The highest BCUT2D eigenvalue weighted by Gasteiger charge is 2.21. The molecule has 2 rings (SSSR count). The van der Waals surface area contributed by atoms with Gasteiger partial charge < -0.3 is 5.32 Å². The molecule has 19 heavy (non-hydrogen) atoms. The predicted octanol–water partition coefficient (Wildman–Crippen LogP) is 1.70. The fourth-order valence-corrected chi connectivity index (χ4v) is 1.71. The number of hydrogen-bond donors (Lipinski definition) is 1. The number of rotatable bonds is 2. The SMILES string of the molecule is Cn1ccc(NC(=O)c2cc(C(C)(C)C)nn2C)n1. The molecule has 102 valence electrons. The lowest BCUT2D eigenvalue weighted by Crippen LogP contribution is -2.16. The number of nitrogens with zero attached hydrogens (tertiary/aromatic N) is 4. The highest BCUT2D eigenvalue weighted by molar-refractivity contribution is 6.02. The van der Waals surface area contributed by atoms with Gasteiger partial charge in [0.15, 0.2) is 5.82 Å². The second kappa shape index (κ2) is 4.53. The summed E-state index contributed by atoms with van der Waals surface area (Å²) in [5.74, 6) is 0.329. The molecule has 0 aliphatic rings. The molecular formula is C13H19N5O. The highest BCUT2D eigenvalue weighted by atomic mass is 16.2. The topological polar surface area (TPSA) is 64.7 Å². The van der Waals surface area contributed by atoms with Gasteiger partial charge in [0.2, 0.25) is 0 Å². The number of carbonyl (C=O) groups excluding carboxylic acids is 1. The molecule has 0 saturated heterocycles. The Kier molecular flexibility index (Phi) is 3.18. The summed E-state index contributed by atoms with van der Waals surface area (Å²) in [5.41, 5.74) is 1.33. The summed E-state index contributed by atoms with van der Waals surface area (Å²) < 4.78 is 3.23. The van der Waals surface area contributed by atoms with Crippen LogP contribution < -0.4 is 5.32 Å². The molecule has 2 heterocycles. The first-order valence-electron chi connectivity index (χ1n) is 6.13. The third kappa shape index (κ3) is 2.83. The van der Waals surface area contributed by atoms with Gasteiger partial charge in [0.25, 0.3) is 5.91 Å². The number of nitrogens with one attached hydrogen (secondary N) is 1. The van der Waals surface area contributed by atoms with Crippen molar-refractivity contribution in [1.82, 2.24) is 19.6 Å². The van der Waals surface area contributed by atoms with Crippen molar-refractivity contribution in [3.05, 3.63) is 29.7 Å². The lowest BCUT2D eigenvalue weighted by molar-refractivity contribution is 0.101. The number of carbonyl (C=O) groups is 1. The van der Waals surface area contributed by atoms with Gasteiger partial charge in [-0.25, -0.2) is 0 Å². The number of hydrogen-bond acceptors (Lipinski definition) is 3. The zero-order valence-electron chi connectivity index (χ0n) is 11.9. The molecule has 2 aromatic rings. The van der Waals surface area contributed by atoms with E-state index in [1.165, 1.54) is 0 Å². The fourth-order valence-electron chi connectivity index (χ4n) is 1.71. The molecular weight excluding hydrogens is 242 g/mol. The van der Waals surface area contributed by atoms with Crippen LogP contribution >= 0.6 is 0 Å². The molecule has 0 bridgehead atoms. The first-order chi connectivity index (χ1) is 8.77. The predicted molar refractivity (Wildman–Crippen MR) is 73.1 cm³/mol. The number of amides is 1. The van der Waals surface area contributed by atoms with E-state index in [1.54, 1.807) is 35.7 Å². The van der Waals surface area contributed by atoms with E-state index in [4.69, 9.17) is 0 Å². The van der Waals surface area contributed by atoms with Crippen LogP contribution in [0.4, 0.5) is 5.82 Å². The minimum absolute atomic E-state index is 0.0821. The molecule has 0 radical (unpaired) electrons. The van der Waals surface area contributed by atoms with Gasteiger partial charge in [-0.05, 0) is 6.07 Å². The van der Waals surface area contributed by atoms with E-state index in [0.29, 0.717) is 11.5 Å². The largest absolute Gasteiger partial charge is 0.304 e. The van der Waals surface area contributed by atoms with Crippen molar-refractivity contribution in [2.75, 3.05) is 5.32 Å². The van der Waals surface area contributed by atoms with Crippen LogP contribution in [-0.4, -0.2) is 25.5 Å². The summed E-state index contributed by atoms with van der Waals surface area (Å²) >= 11 is 0. The van der Waals surface area contributed by atoms with Crippen molar-refractivity contribution in [2.24, 2.45) is 14.1 Å². The van der Waals surface area contributed by atoms with Crippen LogP contribution in [-0.2, 0) is 19.5 Å². The van der Waals surface area contributed by atoms with Gasteiger partial charge in [-0.1, -0.05) is 20.8 Å². The number of anilines is 1. The Morgan fingerprint density at radius 3 is 2.42 bits per heavy atom. The van der Waals surface area contributed by atoms with Gasteiger partial charge in [0, 0.05) is 31.8 Å². The maximum absolute atomic E-state index is 12.2. The van der Waals surface area contributed by atoms with Gasteiger partial charge in [-0.2, -0.15) is 10.2 Å². The summed E-state index contributed by atoms with van der Waals surface area (Å²) in [6.07, 6.45) is 1.78. The second-order valence-corrected chi connectivity index (χ2v) is 5.62. The lowest BCUT2D eigenvalue weighted by atomic mass is 9.92. The van der Waals surface area contributed by atoms with Crippen LogP contribution in [0.15, 0.2) is 18.3 Å². The fraction of sp³-hybridized carbons (Fsp3) is 0.462. The molecule has 0 saturated carbocycles. The van der Waals surface area contributed by atoms with Crippen LogP contribution in [0.25, 0.3) is 0 Å². The lowest BCUT2D eigenvalue weighted by Gasteiger charge is -2.13. The van der Waals surface area contributed by atoms with Crippen molar-refractivity contribution in [1.29, 1.82) is 0 Å². The third-order valence-corrected chi connectivity index (χ3v) is 2.84. The van der Waals surface area contributed by atoms with E-state index in [-0.39, 0.29) is 11.3 Å². The van der Waals surface area contributed by atoms with E-state index in [2.05, 4.69) is 36.3 Å². The Morgan fingerprint density at radius 1 is 1.26 bits per heavy atom. The Morgan fingerprint density at radius 2 is 1.95 bits per heavy atom. The quantitative estimate of drug-likeness (QED) is 0.895. The Balaban J connectivity index is 2.22. The smallest absolute Gasteiger partial charge is 0.275 e. The van der Waals surface area contributed by atoms with Crippen LogP contribution in [0.5, 0.6) is 0 Å². The second-order valence-electron chi connectivity index (χ2n) is 5.62. The average molecular weight is 261 g/mol. The van der Waals surface area contributed by atoms with E-state index >= 15 is 0 Å². The molecule has 2 aromatic heterocycles. The summed E-state index contributed by atoms with van der Waals surface area (Å²) in [7, 11) is 3.57. The molecule has 1 N–H and O–H groups in total. The molecule has 0 fully saturated rings. The maximum atomic E-state index is 12.2. The molecule has 6 heteroatoms. The molecule has 0 unspecified atom stereocenters. The molecule has 0 atom stereocenters. The monoisotopic (exact) mass is 261 g/mol. The molecule has 0 aliphatic heterocycles. The van der Waals surface area contributed by atoms with Crippen molar-refractivity contribution in [3.63, 3.8) is 0 Å². The van der Waals surface area contributed by atoms with Crippen LogP contribution in [0.2, 0.25) is 0 Å². The molecule has 0 aromatic carbocycles. The zero-order chi connectivity index (χ0) is 14.2. The van der Waals surface area contributed by atoms with E-state index in [9.17, 15) is 4.79 Å². The van der Waals surface area contributed by atoms with E-state index in [0.717, 1.165) is 5.69 Å². The van der Waals surface area contributed by atoms with Gasteiger partial charge in [-0.3, -0.25) is 14.2 Å². The van der Waals surface area contributed by atoms with Crippen LogP contribution in [0, 0.1) is 0 Å². The van der Waals surface area contributed by atoms with Gasteiger partial charge in [-0.15, -0.1) is 0 Å². The summed E-state index contributed by atoms with van der Waals surface area (Å²) in [6.45, 7) is 6.20. The van der Waals surface area contributed by atoms with E-state index in [1.807, 2.05) is 6.07 Å². The van der Waals surface area contributed by atoms with Gasteiger partial charge in [0.1, 0.15) is 5.69 Å². The molecule has 6 nitrogen and oxygen atoms in total. The van der Waals surface area contributed by atoms with Crippen molar-refractivity contribution < 1.29 is 4.79 Å².